The molecule has 2 aromatic carbocycles. The van der Waals surface area contributed by atoms with Crippen molar-refractivity contribution in [1.29, 1.82) is 0 Å². The topological polar surface area (TPSA) is 41.5 Å². The van der Waals surface area contributed by atoms with Crippen LogP contribution in [0, 0.1) is 6.92 Å². The second-order valence-corrected chi connectivity index (χ2v) is 4.85. The van der Waals surface area contributed by atoms with Gasteiger partial charge in [0.05, 0.1) is 19.3 Å². The Morgan fingerprint density at radius 1 is 1.05 bits per heavy atom. The molecule has 2 rings (SSSR count). The quantitative estimate of drug-likeness (QED) is 0.813. The first kappa shape index (κ1) is 14.6. The molecule has 106 valence electrons. The van der Waals surface area contributed by atoms with E-state index in [0.29, 0.717) is 19.8 Å². The van der Waals surface area contributed by atoms with Crippen LogP contribution in [0.25, 0.3) is 0 Å². The van der Waals surface area contributed by atoms with Crippen LogP contribution < -0.4 is 5.32 Å². The number of aliphatic hydroxyl groups excluding tert-OH is 1. The van der Waals surface area contributed by atoms with Crippen molar-refractivity contribution >= 4 is 5.69 Å². The van der Waals surface area contributed by atoms with Crippen molar-refractivity contribution in [3.63, 3.8) is 0 Å². The van der Waals surface area contributed by atoms with Crippen LogP contribution in [-0.2, 0) is 11.3 Å². The zero-order valence-corrected chi connectivity index (χ0v) is 11.8. The molecule has 1 atom stereocenters. The van der Waals surface area contributed by atoms with Crippen LogP contribution in [0.15, 0.2) is 54.6 Å². The number of hydrogen-bond acceptors (Lipinski definition) is 3. The molecule has 0 aliphatic rings. The fourth-order valence-electron chi connectivity index (χ4n) is 1.94. The average Bonchev–Trinajstić information content (AvgIpc) is 2.47. The SMILES string of the molecule is Cc1ccccc1NCC(O)COCc1ccccc1. The van der Waals surface area contributed by atoms with Gasteiger partial charge in [-0.1, -0.05) is 48.5 Å². The molecule has 0 fully saturated rings. The molecule has 0 spiro atoms. The van der Waals surface area contributed by atoms with Gasteiger partial charge in [-0.05, 0) is 24.1 Å². The lowest BCUT2D eigenvalue weighted by molar-refractivity contribution is 0.0348. The van der Waals surface area contributed by atoms with Gasteiger partial charge in [0, 0.05) is 12.2 Å². The summed E-state index contributed by atoms with van der Waals surface area (Å²) in [7, 11) is 0. The summed E-state index contributed by atoms with van der Waals surface area (Å²) in [4.78, 5) is 0. The Bertz CT molecular complexity index is 513. The van der Waals surface area contributed by atoms with E-state index in [-0.39, 0.29) is 0 Å². The van der Waals surface area contributed by atoms with Gasteiger partial charge in [0.25, 0.3) is 0 Å². The molecule has 0 aliphatic heterocycles. The van der Waals surface area contributed by atoms with Gasteiger partial charge in [-0.15, -0.1) is 0 Å². The summed E-state index contributed by atoms with van der Waals surface area (Å²) >= 11 is 0. The van der Waals surface area contributed by atoms with Gasteiger partial charge in [-0.2, -0.15) is 0 Å². The number of aliphatic hydroxyl groups is 1. The van der Waals surface area contributed by atoms with E-state index >= 15 is 0 Å². The summed E-state index contributed by atoms with van der Waals surface area (Å²) < 4.78 is 5.51. The van der Waals surface area contributed by atoms with E-state index < -0.39 is 6.10 Å². The van der Waals surface area contributed by atoms with Crippen molar-refractivity contribution in [2.24, 2.45) is 0 Å². The highest BCUT2D eigenvalue weighted by molar-refractivity contribution is 5.50. The molecule has 0 bridgehead atoms. The highest BCUT2D eigenvalue weighted by atomic mass is 16.5. The molecule has 3 nitrogen and oxygen atoms in total. The van der Waals surface area contributed by atoms with Crippen LogP contribution in [0.1, 0.15) is 11.1 Å². The number of nitrogens with one attached hydrogen (secondary N) is 1. The Kier molecular flexibility index (Phi) is 5.59. The van der Waals surface area contributed by atoms with E-state index in [4.69, 9.17) is 4.74 Å². The van der Waals surface area contributed by atoms with Crippen LogP contribution in [0.5, 0.6) is 0 Å². The van der Waals surface area contributed by atoms with Crippen LogP contribution in [0.4, 0.5) is 5.69 Å². The number of anilines is 1. The minimum atomic E-state index is -0.515. The van der Waals surface area contributed by atoms with Gasteiger partial charge in [-0.25, -0.2) is 0 Å². The van der Waals surface area contributed by atoms with Gasteiger partial charge in [0.1, 0.15) is 0 Å². The maximum Gasteiger partial charge on any atom is 0.0945 e. The molecule has 2 N–H and O–H groups in total. The lowest BCUT2D eigenvalue weighted by Gasteiger charge is -2.14. The summed E-state index contributed by atoms with van der Waals surface area (Å²) in [5, 5.41) is 13.1. The average molecular weight is 271 g/mol. The highest BCUT2D eigenvalue weighted by Crippen LogP contribution is 2.12. The fraction of sp³-hybridized carbons (Fsp3) is 0.294. The lowest BCUT2D eigenvalue weighted by atomic mass is 10.2. The molecular weight excluding hydrogens is 250 g/mol. The first-order chi connectivity index (χ1) is 9.75. The molecule has 20 heavy (non-hydrogen) atoms. The van der Waals surface area contributed by atoms with E-state index in [1.54, 1.807) is 0 Å². The molecule has 0 heterocycles. The summed E-state index contributed by atoms with van der Waals surface area (Å²) in [6.45, 7) is 3.39. The van der Waals surface area contributed by atoms with E-state index in [0.717, 1.165) is 11.3 Å². The van der Waals surface area contributed by atoms with E-state index in [1.165, 1.54) is 5.56 Å². The van der Waals surface area contributed by atoms with Gasteiger partial charge in [-0.3, -0.25) is 0 Å². The molecule has 1 unspecified atom stereocenters. The molecule has 0 aromatic heterocycles. The number of para-hydroxylation sites is 1. The molecule has 0 amide bonds. The third-order valence-corrected chi connectivity index (χ3v) is 3.09. The Labute approximate surface area is 120 Å². The zero-order chi connectivity index (χ0) is 14.2. The predicted octanol–water partition coefficient (Wildman–Crippen LogP) is 2.98. The van der Waals surface area contributed by atoms with Crippen LogP contribution in [0.2, 0.25) is 0 Å². The maximum atomic E-state index is 9.89. The normalized spacial score (nSPS) is 12.1. The smallest absolute Gasteiger partial charge is 0.0945 e. The Hall–Kier alpha value is -1.84. The summed E-state index contributed by atoms with van der Waals surface area (Å²) in [5.74, 6) is 0. The molecule has 0 saturated heterocycles. The molecule has 2 aromatic rings. The minimum absolute atomic E-state index is 0.327. The van der Waals surface area contributed by atoms with Gasteiger partial charge >= 0.3 is 0 Å². The second-order valence-electron chi connectivity index (χ2n) is 4.85. The van der Waals surface area contributed by atoms with Crippen molar-refractivity contribution in [3.8, 4) is 0 Å². The summed E-state index contributed by atoms with van der Waals surface area (Å²) in [6.07, 6.45) is -0.515. The van der Waals surface area contributed by atoms with E-state index in [1.807, 2.05) is 61.5 Å². The minimum Gasteiger partial charge on any atom is -0.389 e. The van der Waals surface area contributed by atoms with Crippen LogP contribution in [-0.4, -0.2) is 24.4 Å². The monoisotopic (exact) mass is 271 g/mol. The first-order valence-corrected chi connectivity index (χ1v) is 6.85. The largest absolute Gasteiger partial charge is 0.389 e. The molecule has 0 saturated carbocycles. The second kappa shape index (κ2) is 7.68. The Morgan fingerprint density at radius 2 is 1.75 bits per heavy atom. The number of benzene rings is 2. The van der Waals surface area contributed by atoms with Gasteiger partial charge in [0.15, 0.2) is 0 Å². The maximum absolute atomic E-state index is 9.89. The number of hydrogen-bond donors (Lipinski definition) is 2. The molecule has 0 radical (unpaired) electrons. The molecular formula is C17H21NO2. The van der Waals surface area contributed by atoms with E-state index in [9.17, 15) is 5.11 Å². The van der Waals surface area contributed by atoms with E-state index in [2.05, 4.69) is 5.32 Å². The van der Waals surface area contributed by atoms with Gasteiger partial charge < -0.3 is 15.2 Å². The van der Waals surface area contributed by atoms with Crippen LogP contribution in [0.3, 0.4) is 0 Å². The predicted molar refractivity (Wildman–Crippen MR) is 81.8 cm³/mol. The number of rotatable bonds is 7. The van der Waals surface area contributed by atoms with Gasteiger partial charge in [0.2, 0.25) is 0 Å². The van der Waals surface area contributed by atoms with Crippen molar-refractivity contribution in [3.05, 3.63) is 65.7 Å². The van der Waals surface area contributed by atoms with Crippen molar-refractivity contribution < 1.29 is 9.84 Å². The highest BCUT2D eigenvalue weighted by Gasteiger charge is 2.05. The third-order valence-electron chi connectivity index (χ3n) is 3.09. The van der Waals surface area contributed by atoms with Crippen molar-refractivity contribution in [2.45, 2.75) is 19.6 Å². The van der Waals surface area contributed by atoms with Crippen molar-refractivity contribution in [1.82, 2.24) is 0 Å². The number of ether oxygens (including phenoxy) is 1. The fourth-order valence-corrected chi connectivity index (χ4v) is 1.94. The Morgan fingerprint density at radius 3 is 2.50 bits per heavy atom. The van der Waals surface area contributed by atoms with Crippen LogP contribution >= 0.6 is 0 Å². The number of aryl methyl sites for hydroxylation is 1. The zero-order valence-electron chi connectivity index (χ0n) is 11.8. The Balaban J connectivity index is 1.68. The lowest BCUT2D eigenvalue weighted by Crippen LogP contribution is -2.25. The van der Waals surface area contributed by atoms with Crippen molar-refractivity contribution in [2.75, 3.05) is 18.5 Å². The summed E-state index contributed by atoms with van der Waals surface area (Å²) in [5.41, 5.74) is 3.34. The standard InChI is InChI=1S/C17H21NO2/c1-14-7-5-6-10-17(14)18-11-16(19)13-20-12-15-8-3-2-4-9-15/h2-10,16,18-19H,11-13H2,1H3. The molecule has 0 aliphatic carbocycles. The first-order valence-electron chi connectivity index (χ1n) is 6.85. The third kappa shape index (κ3) is 4.68. The summed E-state index contributed by atoms with van der Waals surface area (Å²) in [6, 6.07) is 18.0. The molecule has 3 heteroatoms.